The minimum atomic E-state index is -0.232. The van der Waals surface area contributed by atoms with Gasteiger partial charge in [-0.1, -0.05) is 0 Å². The summed E-state index contributed by atoms with van der Waals surface area (Å²) in [7, 11) is 0. The van der Waals surface area contributed by atoms with Crippen molar-refractivity contribution >= 4 is 5.91 Å². The normalized spacial score (nSPS) is 12.0. The number of benzene rings is 1. The molecule has 1 aromatic heterocycles. The van der Waals surface area contributed by atoms with Crippen LogP contribution in [0.1, 0.15) is 16.9 Å². The summed E-state index contributed by atoms with van der Waals surface area (Å²) >= 11 is 0. The summed E-state index contributed by atoms with van der Waals surface area (Å²) in [5, 5.41) is 9.56. The molecule has 3 rings (SSSR count). The molecule has 1 aliphatic heterocycles. The fourth-order valence-corrected chi connectivity index (χ4v) is 1.99. The molecule has 21 heavy (non-hydrogen) atoms. The van der Waals surface area contributed by atoms with Crippen LogP contribution < -0.4 is 14.8 Å². The molecule has 1 amide bonds. The first-order chi connectivity index (χ1) is 10.3. The van der Waals surface area contributed by atoms with E-state index in [0.717, 1.165) is 5.56 Å². The molecule has 106 valence electrons. The molecule has 0 fully saturated rings. The predicted molar refractivity (Wildman–Crippen MR) is 75.9 cm³/mol. The molecule has 1 aromatic carbocycles. The number of aromatic amines is 1. The molecule has 0 atom stereocenters. The lowest BCUT2D eigenvalue weighted by Gasteiger charge is -1.99. The quantitative estimate of drug-likeness (QED) is 0.659. The number of fused-ring (bicyclic) bond motifs is 1. The fraction of sp³-hybridized carbons (Fsp3) is 0.200. The lowest BCUT2D eigenvalue weighted by atomic mass is 10.1. The Morgan fingerprint density at radius 3 is 3.10 bits per heavy atom. The van der Waals surface area contributed by atoms with Crippen molar-refractivity contribution in [2.75, 3.05) is 13.3 Å². The number of nitrogens with one attached hydrogen (secondary N) is 2. The highest BCUT2D eigenvalue weighted by Gasteiger charge is 2.16. The molecule has 0 aliphatic carbocycles. The third-order valence-corrected chi connectivity index (χ3v) is 3.05. The van der Waals surface area contributed by atoms with Crippen LogP contribution in [0.2, 0.25) is 0 Å². The molecular formula is C15H13N3O3. The van der Waals surface area contributed by atoms with Gasteiger partial charge in [0.25, 0.3) is 5.91 Å². The van der Waals surface area contributed by atoms with E-state index in [1.165, 1.54) is 0 Å². The second-order valence-corrected chi connectivity index (χ2v) is 4.44. The zero-order chi connectivity index (χ0) is 14.7. The summed E-state index contributed by atoms with van der Waals surface area (Å²) in [4.78, 5) is 11.9. The van der Waals surface area contributed by atoms with E-state index < -0.39 is 0 Å². The number of rotatable bonds is 4. The van der Waals surface area contributed by atoms with Gasteiger partial charge < -0.3 is 14.8 Å². The van der Waals surface area contributed by atoms with Crippen LogP contribution in [0.3, 0.4) is 0 Å². The summed E-state index contributed by atoms with van der Waals surface area (Å²) in [5.74, 6) is 3.62. The number of carbonyl (C=O) groups is 1. The van der Waals surface area contributed by atoms with Crippen molar-refractivity contribution in [2.24, 2.45) is 0 Å². The highest BCUT2D eigenvalue weighted by molar-refractivity contribution is 5.93. The van der Waals surface area contributed by atoms with E-state index in [-0.39, 0.29) is 12.7 Å². The number of carbonyl (C=O) groups excluding carboxylic acids is 1. The number of H-pyrrole nitrogens is 1. The van der Waals surface area contributed by atoms with Crippen LogP contribution in [0.15, 0.2) is 24.3 Å². The van der Waals surface area contributed by atoms with Gasteiger partial charge in [0.15, 0.2) is 11.5 Å². The SMILES string of the molecule is C#CCCNC(=O)c1cc(-c2ccc3c(c2)OCO3)n[nH]1. The zero-order valence-electron chi connectivity index (χ0n) is 11.2. The molecule has 0 unspecified atom stereocenters. The molecule has 2 N–H and O–H groups in total. The number of terminal acetylenes is 1. The van der Waals surface area contributed by atoms with Gasteiger partial charge in [0.2, 0.25) is 6.79 Å². The van der Waals surface area contributed by atoms with Gasteiger partial charge in [0, 0.05) is 18.5 Å². The van der Waals surface area contributed by atoms with Gasteiger partial charge in [-0.25, -0.2) is 0 Å². The predicted octanol–water partition coefficient (Wildman–Crippen LogP) is 1.56. The van der Waals surface area contributed by atoms with Gasteiger partial charge in [-0.05, 0) is 24.3 Å². The van der Waals surface area contributed by atoms with Crippen molar-refractivity contribution in [1.82, 2.24) is 15.5 Å². The molecule has 0 saturated carbocycles. The average Bonchev–Trinajstić information content (AvgIpc) is 3.15. The topological polar surface area (TPSA) is 76.2 Å². The number of nitrogens with zero attached hydrogens (tertiary/aromatic N) is 1. The molecule has 1 aliphatic rings. The molecule has 6 nitrogen and oxygen atoms in total. The van der Waals surface area contributed by atoms with Gasteiger partial charge in [0.1, 0.15) is 5.69 Å². The smallest absolute Gasteiger partial charge is 0.269 e. The van der Waals surface area contributed by atoms with Gasteiger partial charge in [-0.2, -0.15) is 5.10 Å². The van der Waals surface area contributed by atoms with Crippen LogP contribution in [0.5, 0.6) is 11.5 Å². The molecule has 2 aromatic rings. The third kappa shape index (κ3) is 2.67. The Morgan fingerprint density at radius 1 is 1.38 bits per heavy atom. The van der Waals surface area contributed by atoms with E-state index >= 15 is 0 Å². The van der Waals surface area contributed by atoms with Gasteiger partial charge in [-0.3, -0.25) is 9.89 Å². The molecule has 0 radical (unpaired) electrons. The number of amides is 1. The Balaban J connectivity index is 1.76. The first-order valence-electron chi connectivity index (χ1n) is 6.45. The molecule has 0 spiro atoms. The van der Waals surface area contributed by atoms with E-state index in [1.807, 2.05) is 18.2 Å². The minimum Gasteiger partial charge on any atom is -0.454 e. The van der Waals surface area contributed by atoms with Crippen molar-refractivity contribution < 1.29 is 14.3 Å². The van der Waals surface area contributed by atoms with Crippen molar-refractivity contribution in [3.05, 3.63) is 30.0 Å². The Bertz CT molecular complexity index is 715. The lowest BCUT2D eigenvalue weighted by molar-refractivity contribution is 0.0949. The van der Waals surface area contributed by atoms with Gasteiger partial charge in [-0.15, -0.1) is 12.3 Å². The first kappa shape index (κ1) is 13.1. The number of aromatic nitrogens is 2. The standard InChI is InChI=1S/C15H13N3O3/c1-2-3-6-16-15(19)12-8-11(17-18-12)10-4-5-13-14(7-10)21-9-20-13/h1,4-5,7-8H,3,6,9H2,(H,16,19)(H,17,18). The van der Waals surface area contributed by atoms with Crippen LogP contribution in [-0.2, 0) is 0 Å². The summed E-state index contributed by atoms with van der Waals surface area (Å²) in [6.45, 7) is 0.663. The largest absolute Gasteiger partial charge is 0.454 e. The van der Waals surface area contributed by atoms with E-state index in [2.05, 4.69) is 21.4 Å². The van der Waals surface area contributed by atoms with Crippen molar-refractivity contribution in [3.63, 3.8) is 0 Å². The number of ether oxygens (including phenoxy) is 2. The van der Waals surface area contributed by atoms with Crippen molar-refractivity contribution in [1.29, 1.82) is 0 Å². The Hall–Kier alpha value is -2.94. The highest BCUT2D eigenvalue weighted by atomic mass is 16.7. The van der Waals surface area contributed by atoms with Gasteiger partial charge >= 0.3 is 0 Å². The molecule has 6 heteroatoms. The van der Waals surface area contributed by atoms with Crippen LogP contribution in [0.25, 0.3) is 11.3 Å². The van der Waals surface area contributed by atoms with E-state index in [1.54, 1.807) is 6.07 Å². The van der Waals surface area contributed by atoms with E-state index in [9.17, 15) is 4.79 Å². The minimum absolute atomic E-state index is 0.224. The third-order valence-electron chi connectivity index (χ3n) is 3.05. The zero-order valence-corrected chi connectivity index (χ0v) is 11.2. The monoisotopic (exact) mass is 283 g/mol. The van der Waals surface area contributed by atoms with Crippen LogP contribution >= 0.6 is 0 Å². The molecular weight excluding hydrogens is 270 g/mol. The second kappa shape index (κ2) is 5.59. The maximum atomic E-state index is 11.9. The van der Waals surface area contributed by atoms with Gasteiger partial charge in [0.05, 0.1) is 5.69 Å². The molecule has 0 bridgehead atoms. The molecule has 0 saturated heterocycles. The fourth-order valence-electron chi connectivity index (χ4n) is 1.99. The maximum absolute atomic E-state index is 11.9. The maximum Gasteiger partial charge on any atom is 0.269 e. The van der Waals surface area contributed by atoms with E-state index in [0.29, 0.717) is 35.9 Å². The number of hydrogen-bond donors (Lipinski definition) is 2. The van der Waals surface area contributed by atoms with Crippen LogP contribution in [0.4, 0.5) is 0 Å². The van der Waals surface area contributed by atoms with Crippen LogP contribution in [-0.4, -0.2) is 29.4 Å². The Labute approximate surface area is 121 Å². The molecule has 2 heterocycles. The summed E-state index contributed by atoms with van der Waals surface area (Å²) in [6.07, 6.45) is 5.63. The number of hydrogen-bond acceptors (Lipinski definition) is 4. The van der Waals surface area contributed by atoms with Crippen LogP contribution in [0, 0.1) is 12.3 Å². The highest BCUT2D eigenvalue weighted by Crippen LogP contribution is 2.35. The van der Waals surface area contributed by atoms with E-state index in [4.69, 9.17) is 15.9 Å². The Morgan fingerprint density at radius 2 is 2.24 bits per heavy atom. The Kier molecular flexibility index (Phi) is 3.48. The summed E-state index contributed by atoms with van der Waals surface area (Å²) < 4.78 is 10.6. The summed E-state index contributed by atoms with van der Waals surface area (Å²) in [5.41, 5.74) is 1.90. The average molecular weight is 283 g/mol. The summed E-state index contributed by atoms with van der Waals surface area (Å²) in [6, 6.07) is 7.20. The lowest BCUT2D eigenvalue weighted by Crippen LogP contribution is -2.24. The van der Waals surface area contributed by atoms with Crippen molar-refractivity contribution in [3.8, 4) is 35.1 Å². The van der Waals surface area contributed by atoms with Crippen molar-refractivity contribution in [2.45, 2.75) is 6.42 Å². The first-order valence-corrected chi connectivity index (χ1v) is 6.45. The second-order valence-electron chi connectivity index (χ2n) is 4.44.